The zero-order valence-corrected chi connectivity index (χ0v) is 23.3. The Hall–Kier alpha value is -3.72. The monoisotopic (exact) mass is 532 g/mol. The van der Waals surface area contributed by atoms with E-state index < -0.39 is 11.7 Å². The first-order valence-electron chi connectivity index (χ1n) is 12.6. The van der Waals surface area contributed by atoms with Crippen molar-refractivity contribution >= 4 is 34.9 Å². The number of nitrogens with one attached hydrogen (secondary N) is 2. The van der Waals surface area contributed by atoms with E-state index in [1.54, 1.807) is 24.0 Å². The zero-order chi connectivity index (χ0) is 27.4. The lowest BCUT2D eigenvalue weighted by Crippen LogP contribution is -2.38. The third kappa shape index (κ3) is 6.39. The average molecular weight is 533 g/mol. The molecule has 2 heterocycles. The molecule has 0 spiro atoms. The summed E-state index contributed by atoms with van der Waals surface area (Å²) in [7, 11) is 0. The van der Waals surface area contributed by atoms with Crippen LogP contribution in [-0.4, -0.2) is 45.5 Å². The van der Waals surface area contributed by atoms with Gasteiger partial charge in [-0.15, -0.1) is 11.8 Å². The van der Waals surface area contributed by atoms with Crippen LogP contribution in [0.5, 0.6) is 0 Å². The Bertz CT molecular complexity index is 1390. The van der Waals surface area contributed by atoms with Crippen LogP contribution in [0.15, 0.2) is 77.5 Å². The number of aliphatic imine (C=N–C) groups is 1. The summed E-state index contributed by atoms with van der Waals surface area (Å²) in [6.45, 7) is 13.2. The normalized spacial score (nSPS) is 17.8. The average Bonchev–Trinajstić information content (AvgIpc) is 3.49. The van der Waals surface area contributed by atoms with Crippen LogP contribution in [-0.2, 0) is 4.74 Å². The van der Waals surface area contributed by atoms with Crippen LogP contribution in [0.3, 0.4) is 0 Å². The second kappa shape index (κ2) is 11.3. The summed E-state index contributed by atoms with van der Waals surface area (Å²) in [5.41, 5.74) is 11.0. The van der Waals surface area contributed by atoms with E-state index in [2.05, 4.69) is 58.3 Å². The first-order valence-corrected chi connectivity index (χ1v) is 13.9. The van der Waals surface area contributed by atoms with E-state index in [4.69, 9.17) is 10.5 Å². The van der Waals surface area contributed by atoms with Crippen molar-refractivity contribution in [1.29, 1.82) is 0 Å². The van der Waals surface area contributed by atoms with E-state index >= 15 is 0 Å². The third-order valence-corrected chi connectivity index (χ3v) is 7.13. The number of amidine groups is 1. The van der Waals surface area contributed by atoms with Gasteiger partial charge in [-0.3, -0.25) is 0 Å². The number of benzene rings is 1. The van der Waals surface area contributed by atoms with E-state index in [9.17, 15) is 4.79 Å². The quantitative estimate of drug-likeness (QED) is 0.142. The molecule has 1 saturated carbocycles. The number of allylic oxidation sites excluding steroid dienone is 1. The largest absolute Gasteiger partial charge is 0.444 e. The highest BCUT2D eigenvalue weighted by Crippen LogP contribution is 2.35. The molecule has 0 saturated heterocycles. The number of hydrogen-bond acceptors (Lipinski definition) is 6. The Labute approximate surface area is 228 Å². The first-order chi connectivity index (χ1) is 18.1. The molecule has 0 unspecified atom stereocenters. The van der Waals surface area contributed by atoms with Crippen LogP contribution in [0.2, 0.25) is 0 Å². The number of fused-ring (bicyclic) bond motifs is 1. The van der Waals surface area contributed by atoms with Gasteiger partial charge in [-0.1, -0.05) is 31.4 Å². The lowest BCUT2D eigenvalue weighted by molar-refractivity contribution is 0.0505. The fraction of sp³-hybridized carbons (Fsp3) is 0.345. The smallest absolute Gasteiger partial charge is 0.407 e. The molecule has 0 bridgehead atoms. The molecular formula is C29H36N6O2S. The number of nitrogens with zero attached hydrogens (tertiary/aromatic N) is 3. The van der Waals surface area contributed by atoms with Gasteiger partial charge in [0.05, 0.1) is 28.7 Å². The molecule has 2 aromatic heterocycles. The molecule has 9 heteroatoms. The van der Waals surface area contributed by atoms with Gasteiger partial charge in [0.15, 0.2) is 0 Å². The highest BCUT2D eigenvalue weighted by Gasteiger charge is 2.29. The number of nitrogens with two attached hydrogens (primary N) is 1. The van der Waals surface area contributed by atoms with Crippen LogP contribution < -0.4 is 16.4 Å². The summed E-state index contributed by atoms with van der Waals surface area (Å²) in [6, 6.07) is 10.6. The molecule has 1 aliphatic rings. The number of ether oxygens (including phenoxy) is 1. The highest BCUT2D eigenvalue weighted by molar-refractivity contribution is 7.98. The summed E-state index contributed by atoms with van der Waals surface area (Å²) in [5, 5.41) is 11.3. The van der Waals surface area contributed by atoms with Crippen molar-refractivity contribution in [3.05, 3.63) is 73.2 Å². The van der Waals surface area contributed by atoms with Crippen molar-refractivity contribution in [3.8, 4) is 11.1 Å². The van der Waals surface area contributed by atoms with Gasteiger partial charge in [0.25, 0.3) is 0 Å². The third-order valence-electron chi connectivity index (χ3n) is 6.33. The Kier molecular flexibility index (Phi) is 8.16. The zero-order valence-electron chi connectivity index (χ0n) is 22.5. The molecule has 1 fully saturated rings. The van der Waals surface area contributed by atoms with Crippen molar-refractivity contribution in [2.75, 3.05) is 11.6 Å². The minimum atomic E-state index is -0.536. The first kappa shape index (κ1) is 27.3. The number of thioether (sulfide) groups is 1. The molecule has 8 nitrogen and oxygen atoms in total. The summed E-state index contributed by atoms with van der Waals surface area (Å²) in [5.74, 6) is 0.307. The summed E-state index contributed by atoms with van der Waals surface area (Å²) >= 11 is 1.71. The fourth-order valence-corrected chi connectivity index (χ4v) is 5.24. The number of rotatable bonds is 8. The van der Waals surface area contributed by atoms with Gasteiger partial charge in [-0.2, -0.15) is 5.10 Å². The van der Waals surface area contributed by atoms with Crippen molar-refractivity contribution < 1.29 is 9.53 Å². The molecule has 1 amide bonds. The summed E-state index contributed by atoms with van der Waals surface area (Å²) in [6.07, 6.45) is 9.47. The second-order valence-corrected chi connectivity index (χ2v) is 11.2. The summed E-state index contributed by atoms with van der Waals surface area (Å²) in [4.78, 5) is 17.9. The standard InChI is InChI=1S/C29H36N6O2S/c1-7-18(2)32-27(30)23-16-31-35-17-19(22-10-8-9-11-25(22)38-6)14-24(35)26(23)33-20-12-13-21(15-20)34-28(36)37-29(3,4)5/h7-11,14,16-17,20-21,33H,1-2,12-13,15H2,3-6H3,(H2,30,32)(H,34,36)/t20-,21+/m1/s1. The Morgan fingerprint density at radius 1 is 1.29 bits per heavy atom. The Balaban J connectivity index is 1.67. The van der Waals surface area contributed by atoms with Gasteiger partial charge in [-0.25, -0.2) is 14.3 Å². The van der Waals surface area contributed by atoms with Crippen LogP contribution >= 0.6 is 11.8 Å². The SMILES string of the molecule is C=CC(=C)N=C(N)c1cnn2cc(-c3ccccc3SC)cc2c1N[C@@H]1CC[C@H](NC(=O)OC(C)(C)C)C1. The van der Waals surface area contributed by atoms with Gasteiger partial charge in [0.1, 0.15) is 11.4 Å². The number of carbonyl (C=O) groups excluding carboxylic acids is 1. The van der Waals surface area contributed by atoms with Crippen molar-refractivity contribution in [3.63, 3.8) is 0 Å². The molecule has 2 atom stereocenters. The van der Waals surface area contributed by atoms with E-state index in [-0.39, 0.29) is 12.1 Å². The number of aromatic nitrogens is 2. The van der Waals surface area contributed by atoms with Gasteiger partial charge in [0, 0.05) is 28.7 Å². The molecule has 0 radical (unpaired) electrons. The number of carbonyl (C=O) groups is 1. The minimum absolute atomic E-state index is 0.0195. The highest BCUT2D eigenvalue weighted by atomic mass is 32.2. The fourth-order valence-electron chi connectivity index (χ4n) is 4.62. The maximum atomic E-state index is 12.3. The molecule has 38 heavy (non-hydrogen) atoms. The minimum Gasteiger partial charge on any atom is -0.444 e. The number of alkyl carbamates (subject to hydrolysis) is 1. The molecule has 1 aliphatic carbocycles. The molecular weight excluding hydrogens is 496 g/mol. The molecule has 4 N–H and O–H groups in total. The van der Waals surface area contributed by atoms with Gasteiger partial charge in [0.2, 0.25) is 0 Å². The van der Waals surface area contributed by atoms with Gasteiger partial charge in [-0.05, 0) is 70.1 Å². The van der Waals surface area contributed by atoms with Crippen LogP contribution in [0.25, 0.3) is 16.6 Å². The lowest BCUT2D eigenvalue weighted by atomic mass is 10.1. The van der Waals surface area contributed by atoms with Crippen LogP contribution in [0, 0.1) is 0 Å². The molecule has 3 aromatic rings. The van der Waals surface area contributed by atoms with Gasteiger partial charge >= 0.3 is 6.09 Å². The Morgan fingerprint density at radius 2 is 2.03 bits per heavy atom. The number of hydrogen-bond donors (Lipinski definition) is 3. The maximum Gasteiger partial charge on any atom is 0.407 e. The molecule has 4 rings (SSSR count). The maximum absolute atomic E-state index is 12.3. The van der Waals surface area contributed by atoms with Crippen molar-refractivity contribution in [1.82, 2.24) is 14.9 Å². The predicted octanol–water partition coefficient (Wildman–Crippen LogP) is 5.99. The van der Waals surface area contributed by atoms with E-state index in [0.29, 0.717) is 17.1 Å². The van der Waals surface area contributed by atoms with Crippen LogP contribution in [0.4, 0.5) is 10.5 Å². The number of amides is 1. The van der Waals surface area contributed by atoms with E-state index in [1.807, 2.05) is 43.6 Å². The molecule has 1 aromatic carbocycles. The van der Waals surface area contributed by atoms with Crippen molar-refractivity contribution in [2.45, 2.75) is 62.6 Å². The van der Waals surface area contributed by atoms with E-state index in [1.165, 1.54) is 4.90 Å². The molecule has 0 aliphatic heterocycles. The van der Waals surface area contributed by atoms with E-state index in [0.717, 1.165) is 41.6 Å². The second-order valence-electron chi connectivity index (χ2n) is 10.4. The van der Waals surface area contributed by atoms with Crippen molar-refractivity contribution in [2.24, 2.45) is 10.7 Å². The topological polar surface area (TPSA) is 106 Å². The summed E-state index contributed by atoms with van der Waals surface area (Å²) < 4.78 is 7.30. The lowest BCUT2D eigenvalue weighted by Gasteiger charge is -2.22. The Morgan fingerprint density at radius 3 is 2.74 bits per heavy atom. The predicted molar refractivity (Wildman–Crippen MR) is 157 cm³/mol. The van der Waals surface area contributed by atoms with Crippen LogP contribution in [0.1, 0.15) is 45.6 Å². The van der Waals surface area contributed by atoms with Gasteiger partial charge < -0.3 is 21.1 Å². The molecule has 200 valence electrons. The number of anilines is 1.